The summed E-state index contributed by atoms with van der Waals surface area (Å²) in [5, 5.41) is 5.53. The molecule has 7 heteroatoms. The molecule has 0 saturated heterocycles. The normalized spacial score (nSPS) is 16.0. The van der Waals surface area contributed by atoms with E-state index in [2.05, 4.69) is 26.6 Å². The predicted octanol–water partition coefficient (Wildman–Crippen LogP) is 4.84. The Kier molecular flexibility index (Phi) is 6.82. The molecule has 2 amide bonds. The Morgan fingerprint density at radius 2 is 1.87 bits per heavy atom. The van der Waals surface area contributed by atoms with Crippen LogP contribution >= 0.6 is 15.9 Å². The highest BCUT2D eigenvalue weighted by atomic mass is 79.9. The lowest BCUT2D eigenvalue weighted by atomic mass is 9.89. The Hall–Kier alpha value is -2.80. The molecule has 0 radical (unpaired) electrons. The average molecular weight is 473 g/mol. The second-order valence-electron chi connectivity index (χ2n) is 7.14. The molecule has 2 N–H and O–H groups in total. The molecular formula is C23H25BrN2O4. The van der Waals surface area contributed by atoms with Crippen LogP contribution in [-0.4, -0.2) is 18.6 Å². The highest BCUT2D eigenvalue weighted by molar-refractivity contribution is 9.10. The molecule has 1 unspecified atom stereocenters. The zero-order valence-electron chi connectivity index (χ0n) is 17.5. The molecule has 1 aliphatic rings. The van der Waals surface area contributed by atoms with Crippen molar-refractivity contribution in [3.63, 3.8) is 0 Å². The average Bonchev–Trinajstić information content (AvgIpc) is 2.68. The van der Waals surface area contributed by atoms with Crippen molar-refractivity contribution in [2.24, 2.45) is 0 Å². The minimum absolute atomic E-state index is 0.258. The van der Waals surface area contributed by atoms with Crippen LogP contribution in [0.3, 0.4) is 0 Å². The van der Waals surface area contributed by atoms with E-state index in [9.17, 15) is 9.59 Å². The number of para-hydroxylation sites is 1. The van der Waals surface area contributed by atoms with Gasteiger partial charge in [0.25, 0.3) is 0 Å². The topological polar surface area (TPSA) is 76.7 Å². The van der Waals surface area contributed by atoms with Crippen LogP contribution in [0.1, 0.15) is 42.1 Å². The summed E-state index contributed by atoms with van der Waals surface area (Å²) in [6, 6.07) is 10.7. The van der Waals surface area contributed by atoms with Crippen LogP contribution in [0.4, 0.5) is 4.79 Å². The van der Waals surface area contributed by atoms with Gasteiger partial charge in [-0.2, -0.15) is 0 Å². The first kappa shape index (κ1) is 21.9. The number of esters is 1. The molecule has 0 aliphatic carbocycles. The number of ether oxygens (including phenoxy) is 2. The first-order valence-corrected chi connectivity index (χ1v) is 10.5. The molecule has 1 heterocycles. The zero-order valence-corrected chi connectivity index (χ0v) is 19.1. The van der Waals surface area contributed by atoms with E-state index in [1.807, 2.05) is 50.2 Å². The molecule has 1 aliphatic heterocycles. The van der Waals surface area contributed by atoms with Gasteiger partial charge in [0.15, 0.2) is 0 Å². The number of urea groups is 1. The Morgan fingerprint density at radius 1 is 1.13 bits per heavy atom. The molecule has 6 nitrogen and oxygen atoms in total. The smallest absolute Gasteiger partial charge is 0.338 e. The SMILES string of the molecule is CCOC(=O)C1=C(C)NC(=O)NC1c1cc(COc2ccccc2Br)c(C)cc1C. The summed E-state index contributed by atoms with van der Waals surface area (Å²) in [5.74, 6) is 0.302. The van der Waals surface area contributed by atoms with Gasteiger partial charge in [0.2, 0.25) is 0 Å². The van der Waals surface area contributed by atoms with Crippen LogP contribution in [0, 0.1) is 13.8 Å². The van der Waals surface area contributed by atoms with E-state index in [0.717, 1.165) is 32.5 Å². The van der Waals surface area contributed by atoms with Crippen LogP contribution in [0.5, 0.6) is 5.75 Å². The second kappa shape index (κ2) is 9.34. The van der Waals surface area contributed by atoms with Crippen LogP contribution in [0.2, 0.25) is 0 Å². The first-order valence-electron chi connectivity index (χ1n) is 9.74. The molecule has 0 bridgehead atoms. The maximum Gasteiger partial charge on any atom is 0.338 e. The number of halogens is 1. The zero-order chi connectivity index (χ0) is 21.8. The van der Waals surface area contributed by atoms with Gasteiger partial charge in [0.1, 0.15) is 12.4 Å². The molecule has 0 fully saturated rings. The van der Waals surface area contributed by atoms with E-state index in [1.54, 1.807) is 13.8 Å². The summed E-state index contributed by atoms with van der Waals surface area (Å²) in [5.41, 5.74) is 4.75. The number of benzene rings is 2. The van der Waals surface area contributed by atoms with E-state index in [-0.39, 0.29) is 12.6 Å². The quantitative estimate of drug-likeness (QED) is 0.589. The summed E-state index contributed by atoms with van der Waals surface area (Å²) >= 11 is 3.49. The lowest BCUT2D eigenvalue weighted by Crippen LogP contribution is -2.45. The fourth-order valence-electron chi connectivity index (χ4n) is 3.51. The lowest BCUT2D eigenvalue weighted by Gasteiger charge is -2.29. The third-order valence-electron chi connectivity index (χ3n) is 5.02. The van der Waals surface area contributed by atoms with Gasteiger partial charge in [-0.15, -0.1) is 0 Å². The minimum Gasteiger partial charge on any atom is -0.488 e. The standard InChI is InChI=1S/C23H25BrN2O4/c1-5-29-22(27)20-15(4)25-23(28)26-21(20)17-11-16(13(2)10-14(17)3)12-30-19-9-7-6-8-18(19)24/h6-11,21H,5,12H2,1-4H3,(H2,25,26,28). The molecule has 0 saturated carbocycles. The van der Waals surface area contributed by atoms with Crippen molar-refractivity contribution < 1.29 is 19.1 Å². The summed E-state index contributed by atoms with van der Waals surface area (Å²) in [6.07, 6.45) is 0. The van der Waals surface area contributed by atoms with Gasteiger partial charge in [-0.25, -0.2) is 9.59 Å². The summed E-state index contributed by atoms with van der Waals surface area (Å²) < 4.78 is 12.1. The number of rotatable bonds is 6. The van der Waals surface area contributed by atoms with Gasteiger partial charge in [-0.3, -0.25) is 0 Å². The first-order chi connectivity index (χ1) is 14.3. The number of carbonyl (C=O) groups is 2. The van der Waals surface area contributed by atoms with Crippen molar-refractivity contribution in [3.05, 3.63) is 74.4 Å². The van der Waals surface area contributed by atoms with E-state index in [4.69, 9.17) is 9.47 Å². The van der Waals surface area contributed by atoms with Gasteiger partial charge < -0.3 is 20.1 Å². The summed E-state index contributed by atoms with van der Waals surface area (Å²) in [4.78, 5) is 24.8. The van der Waals surface area contributed by atoms with Gasteiger partial charge in [0.05, 0.1) is 22.7 Å². The molecule has 0 aromatic heterocycles. The fourth-order valence-corrected chi connectivity index (χ4v) is 3.91. The van der Waals surface area contributed by atoms with Gasteiger partial charge >= 0.3 is 12.0 Å². The van der Waals surface area contributed by atoms with Crippen molar-refractivity contribution in [1.82, 2.24) is 10.6 Å². The number of hydrogen-bond acceptors (Lipinski definition) is 4. The highest BCUT2D eigenvalue weighted by Crippen LogP contribution is 2.32. The lowest BCUT2D eigenvalue weighted by molar-refractivity contribution is -0.139. The van der Waals surface area contributed by atoms with Crippen LogP contribution < -0.4 is 15.4 Å². The summed E-state index contributed by atoms with van der Waals surface area (Å²) in [6.45, 7) is 8.06. The Bertz CT molecular complexity index is 1020. The number of amides is 2. The second-order valence-corrected chi connectivity index (χ2v) is 8.00. The fraction of sp³-hybridized carbons (Fsp3) is 0.304. The number of nitrogens with one attached hydrogen (secondary N) is 2. The molecular weight excluding hydrogens is 448 g/mol. The monoisotopic (exact) mass is 472 g/mol. The summed E-state index contributed by atoms with van der Waals surface area (Å²) in [7, 11) is 0. The van der Waals surface area contributed by atoms with Gasteiger partial charge in [0, 0.05) is 5.70 Å². The van der Waals surface area contributed by atoms with E-state index in [0.29, 0.717) is 17.9 Å². The van der Waals surface area contributed by atoms with Crippen molar-refractivity contribution in [2.75, 3.05) is 6.61 Å². The van der Waals surface area contributed by atoms with Gasteiger partial charge in [-0.05, 0) is 84.1 Å². The molecule has 3 rings (SSSR count). The number of allylic oxidation sites excluding steroid dienone is 1. The maximum atomic E-state index is 12.6. The highest BCUT2D eigenvalue weighted by Gasteiger charge is 2.33. The van der Waals surface area contributed by atoms with Crippen molar-refractivity contribution in [2.45, 2.75) is 40.3 Å². The molecule has 2 aromatic carbocycles. The Labute approximate surface area is 184 Å². The molecule has 158 valence electrons. The molecule has 30 heavy (non-hydrogen) atoms. The Balaban J connectivity index is 1.97. The number of hydrogen-bond donors (Lipinski definition) is 2. The van der Waals surface area contributed by atoms with E-state index < -0.39 is 12.0 Å². The maximum absolute atomic E-state index is 12.6. The minimum atomic E-state index is -0.597. The predicted molar refractivity (Wildman–Crippen MR) is 118 cm³/mol. The number of aryl methyl sites for hydroxylation is 2. The third-order valence-corrected chi connectivity index (χ3v) is 5.68. The van der Waals surface area contributed by atoms with E-state index >= 15 is 0 Å². The van der Waals surface area contributed by atoms with E-state index in [1.165, 1.54) is 0 Å². The molecule has 1 atom stereocenters. The third kappa shape index (κ3) is 4.67. The van der Waals surface area contributed by atoms with Crippen LogP contribution in [0.15, 0.2) is 52.1 Å². The van der Waals surface area contributed by atoms with Crippen molar-refractivity contribution >= 4 is 27.9 Å². The number of carbonyl (C=O) groups excluding carboxylic acids is 2. The largest absolute Gasteiger partial charge is 0.488 e. The van der Waals surface area contributed by atoms with Crippen molar-refractivity contribution in [3.8, 4) is 5.75 Å². The van der Waals surface area contributed by atoms with Gasteiger partial charge in [-0.1, -0.05) is 18.2 Å². The van der Waals surface area contributed by atoms with Crippen molar-refractivity contribution in [1.29, 1.82) is 0 Å². The Morgan fingerprint density at radius 3 is 2.57 bits per heavy atom. The van der Waals surface area contributed by atoms with Crippen LogP contribution in [-0.2, 0) is 16.1 Å². The molecule has 2 aromatic rings. The van der Waals surface area contributed by atoms with Crippen LogP contribution in [0.25, 0.3) is 0 Å². The molecule has 0 spiro atoms.